The van der Waals surface area contributed by atoms with E-state index in [9.17, 15) is 14.9 Å². The highest BCUT2D eigenvalue weighted by molar-refractivity contribution is 5.70. The zero-order chi connectivity index (χ0) is 14.5. The summed E-state index contributed by atoms with van der Waals surface area (Å²) in [5.74, 6) is -0.0971. The molecule has 2 rings (SSSR count). The fourth-order valence-electron chi connectivity index (χ4n) is 1.89. The first kappa shape index (κ1) is 13.7. The normalized spacial score (nSPS) is 10.1. The van der Waals surface area contributed by atoms with Gasteiger partial charge in [-0.3, -0.25) is 14.9 Å². The summed E-state index contributed by atoms with van der Waals surface area (Å²) in [7, 11) is 0. The van der Waals surface area contributed by atoms with E-state index >= 15 is 0 Å². The molecule has 0 unspecified atom stereocenters. The zero-order valence-corrected chi connectivity index (χ0v) is 10.9. The lowest BCUT2D eigenvalue weighted by Gasteiger charge is -2.09. The summed E-state index contributed by atoms with van der Waals surface area (Å²) >= 11 is 0. The number of non-ortho nitro benzene ring substituents is 1. The van der Waals surface area contributed by atoms with Crippen molar-refractivity contribution in [2.45, 2.75) is 13.3 Å². The van der Waals surface area contributed by atoms with Crippen molar-refractivity contribution in [2.24, 2.45) is 0 Å². The summed E-state index contributed by atoms with van der Waals surface area (Å²) in [6.45, 7) is 1.30. The minimum absolute atomic E-state index is 0.0215. The van der Waals surface area contributed by atoms with Crippen molar-refractivity contribution < 1.29 is 14.5 Å². The Morgan fingerprint density at radius 2 is 1.90 bits per heavy atom. The molecule has 0 N–H and O–H groups in total. The Labute approximate surface area is 116 Å². The molecule has 0 fully saturated rings. The van der Waals surface area contributed by atoms with E-state index in [4.69, 9.17) is 4.74 Å². The maximum atomic E-state index is 11.1. The van der Waals surface area contributed by atoms with Crippen LogP contribution in [-0.4, -0.2) is 10.9 Å². The summed E-state index contributed by atoms with van der Waals surface area (Å²) < 4.78 is 5.09. The van der Waals surface area contributed by atoms with Gasteiger partial charge in [-0.1, -0.05) is 30.3 Å². The second-order valence-electron chi connectivity index (χ2n) is 4.31. The van der Waals surface area contributed by atoms with Crippen LogP contribution in [0.2, 0.25) is 0 Å². The Balaban J connectivity index is 2.38. The average Bonchev–Trinajstić information content (AvgIpc) is 2.41. The molecule has 0 atom stereocenters. The molecule has 0 aliphatic carbocycles. The number of rotatable bonds is 4. The number of benzene rings is 2. The third-order valence-corrected chi connectivity index (χ3v) is 2.75. The third kappa shape index (κ3) is 3.41. The highest BCUT2D eigenvalue weighted by Crippen LogP contribution is 2.26. The van der Waals surface area contributed by atoms with E-state index in [0.29, 0.717) is 17.7 Å². The Bertz CT molecular complexity index is 638. The van der Waals surface area contributed by atoms with Gasteiger partial charge in [0.2, 0.25) is 0 Å². The standard InChI is InChI=1S/C15H13NO4/c1-11(17)20-15-8-7-14(16(18)19)10-13(15)9-12-5-3-2-4-6-12/h2-8,10H,9H2,1H3. The van der Waals surface area contributed by atoms with E-state index < -0.39 is 10.9 Å². The third-order valence-electron chi connectivity index (χ3n) is 2.75. The number of nitrogens with zero attached hydrogens (tertiary/aromatic N) is 1. The molecule has 0 spiro atoms. The molecule has 0 aromatic heterocycles. The van der Waals surface area contributed by atoms with Crippen molar-refractivity contribution in [3.63, 3.8) is 0 Å². The number of hydrogen-bond acceptors (Lipinski definition) is 4. The van der Waals surface area contributed by atoms with E-state index in [0.717, 1.165) is 5.56 Å². The van der Waals surface area contributed by atoms with Crippen molar-refractivity contribution in [3.8, 4) is 5.75 Å². The summed E-state index contributed by atoms with van der Waals surface area (Å²) in [5.41, 5.74) is 1.58. The Kier molecular flexibility index (Phi) is 4.10. The molecular formula is C15H13NO4. The van der Waals surface area contributed by atoms with E-state index in [1.54, 1.807) is 0 Å². The summed E-state index contributed by atoms with van der Waals surface area (Å²) in [6.07, 6.45) is 0.463. The second kappa shape index (κ2) is 5.97. The van der Waals surface area contributed by atoms with Crippen molar-refractivity contribution in [2.75, 3.05) is 0 Å². The van der Waals surface area contributed by atoms with Crippen LogP contribution in [0.15, 0.2) is 48.5 Å². The van der Waals surface area contributed by atoms with Crippen LogP contribution in [0.25, 0.3) is 0 Å². The Morgan fingerprint density at radius 1 is 1.20 bits per heavy atom. The number of carbonyl (C=O) groups excluding carboxylic acids is 1. The number of hydrogen-bond donors (Lipinski definition) is 0. The molecule has 5 heteroatoms. The van der Waals surface area contributed by atoms with Crippen molar-refractivity contribution in [1.29, 1.82) is 0 Å². The van der Waals surface area contributed by atoms with Gasteiger partial charge in [0.1, 0.15) is 5.75 Å². The van der Waals surface area contributed by atoms with Crippen LogP contribution in [0.1, 0.15) is 18.1 Å². The average molecular weight is 271 g/mol. The monoisotopic (exact) mass is 271 g/mol. The number of esters is 1. The van der Waals surface area contributed by atoms with Crippen molar-refractivity contribution in [1.82, 2.24) is 0 Å². The number of carbonyl (C=O) groups is 1. The molecule has 0 saturated heterocycles. The molecule has 0 bridgehead atoms. The second-order valence-corrected chi connectivity index (χ2v) is 4.31. The van der Waals surface area contributed by atoms with Crippen LogP contribution in [-0.2, 0) is 11.2 Å². The minimum Gasteiger partial charge on any atom is -0.426 e. The SMILES string of the molecule is CC(=O)Oc1ccc([N+](=O)[O-])cc1Cc1ccccc1. The summed E-state index contributed by atoms with van der Waals surface area (Å²) in [4.78, 5) is 21.5. The predicted molar refractivity (Wildman–Crippen MR) is 73.7 cm³/mol. The van der Waals surface area contributed by atoms with Crippen LogP contribution in [0.5, 0.6) is 5.75 Å². The predicted octanol–water partition coefficient (Wildman–Crippen LogP) is 3.11. The van der Waals surface area contributed by atoms with Gasteiger partial charge in [-0.05, 0) is 11.6 Å². The molecule has 0 saturated carbocycles. The van der Waals surface area contributed by atoms with Gasteiger partial charge in [-0.15, -0.1) is 0 Å². The lowest BCUT2D eigenvalue weighted by atomic mass is 10.0. The molecule has 0 amide bonds. The Hall–Kier alpha value is -2.69. The van der Waals surface area contributed by atoms with Crippen molar-refractivity contribution >= 4 is 11.7 Å². The lowest BCUT2D eigenvalue weighted by Crippen LogP contribution is -2.05. The highest BCUT2D eigenvalue weighted by atomic mass is 16.6. The van der Waals surface area contributed by atoms with Crippen LogP contribution in [0.4, 0.5) is 5.69 Å². The van der Waals surface area contributed by atoms with E-state index in [-0.39, 0.29) is 5.69 Å². The lowest BCUT2D eigenvalue weighted by molar-refractivity contribution is -0.384. The molecule has 0 aliphatic heterocycles. The smallest absolute Gasteiger partial charge is 0.308 e. The molecule has 20 heavy (non-hydrogen) atoms. The van der Waals surface area contributed by atoms with Crippen molar-refractivity contribution in [3.05, 3.63) is 69.8 Å². The van der Waals surface area contributed by atoms with Crippen LogP contribution in [0.3, 0.4) is 0 Å². The number of nitro benzene ring substituents is 1. The number of ether oxygens (including phenoxy) is 1. The molecule has 0 radical (unpaired) electrons. The van der Waals surface area contributed by atoms with Crippen LogP contribution < -0.4 is 4.74 Å². The zero-order valence-electron chi connectivity index (χ0n) is 10.9. The van der Waals surface area contributed by atoms with Gasteiger partial charge in [0.05, 0.1) is 4.92 Å². The largest absolute Gasteiger partial charge is 0.426 e. The highest BCUT2D eigenvalue weighted by Gasteiger charge is 2.13. The maximum absolute atomic E-state index is 11.1. The number of nitro groups is 1. The molecule has 2 aromatic rings. The first-order valence-electron chi connectivity index (χ1n) is 6.06. The van der Waals surface area contributed by atoms with Gasteiger partial charge in [0, 0.05) is 31.0 Å². The van der Waals surface area contributed by atoms with Gasteiger partial charge in [-0.25, -0.2) is 0 Å². The van der Waals surface area contributed by atoms with E-state index in [1.807, 2.05) is 30.3 Å². The topological polar surface area (TPSA) is 69.4 Å². The van der Waals surface area contributed by atoms with E-state index in [2.05, 4.69) is 0 Å². The quantitative estimate of drug-likeness (QED) is 0.371. The van der Waals surface area contributed by atoms with Gasteiger partial charge >= 0.3 is 5.97 Å². The molecule has 5 nitrogen and oxygen atoms in total. The fraction of sp³-hybridized carbons (Fsp3) is 0.133. The molecule has 2 aromatic carbocycles. The van der Waals surface area contributed by atoms with Crippen LogP contribution in [0, 0.1) is 10.1 Å². The molecule has 0 heterocycles. The summed E-state index contributed by atoms with van der Waals surface area (Å²) in [5, 5.41) is 10.8. The molecular weight excluding hydrogens is 258 g/mol. The first-order chi connectivity index (χ1) is 9.56. The molecule has 102 valence electrons. The maximum Gasteiger partial charge on any atom is 0.308 e. The fourth-order valence-corrected chi connectivity index (χ4v) is 1.89. The van der Waals surface area contributed by atoms with Gasteiger partial charge in [0.15, 0.2) is 0 Å². The van der Waals surface area contributed by atoms with Gasteiger partial charge in [-0.2, -0.15) is 0 Å². The van der Waals surface area contributed by atoms with E-state index in [1.165, 1.54) is 25.1 Å². The summed E-state index contributed by atoms with van der Waals surface area (Å²) in [6, 6.07) is 13.7. The van der Waals surface area contributed by atoms with Gasteiger partial charge in [0.25, 0.3) is 5.69 Å². The van der Waals surface area contributed by atoms with Crippen LogP contribution >= 0.6 is 0 Å². The first-order valence-corrected chi connectivity index (χ1v) is 6.06. The minimum atomic E-state index is -0.466. The van der Waals surface area contributed by atoms with Gasteiger partial charge < -0.3 is 4.74 Å². The Morgan fingerprint density at radius 3 is 2.50 bits per heavy atom. The molecule has 0 aliphatic rings.